The maximum atomic E-state index is 5.91. The molecule has 0 aliphatic carbocycles. The highest BCUT2D eigenvalue weighted by Crippen LogP contribution is 2.37. The predicted molar refractivity (Wildman–Crippen MR) is 57.8 cm³/mol. The molecule has 4 heteroatoms. The van der Waals surface area contributed by atoms with Crippen LogP contribution in [0.2, 0.25) is 5.02 Å². The van der Waals surface area contributed by atoms with Crippen LogP contribution in [0.25, 0.3) is 0 Å². The molecular weight excluding hydrogens is 253 g/mol. The van der Waals surface area contributed by atoms with Crippen molar-refractivity contribution >= 4 is 33.2 Å². The first kappa shape index (κ1) is 9.16. The zero-order valence-electron chi connectivity index (χ0n) is 6.94. The van der Waals surface area contributed by atoms with Gasteiger partial charge in [0.25, 0.3) is 0 Å². The van der Waals surface area contributed by atoms with Gasteiger partial charge in [-0.3, -0.25) is 0 Å². The van der Waals surface area contributed by atoms with Crippen molar-refractivity contribution in [3.63, 3.8) is 0 Å². The maximum Gasteiger partial charge on any atom is 0.156 e. The molecule has 0 saturated carbocycles. The van der Waals surface area contributed by atoms with Gasteiger partial charge in [-0.25, -0.2) is 0 Å². The Balaban J connectivity index is 2.47. The molecule has 0 spiro atoms. The molecule has 0 amide bonds. The molecule has 1 aromatic carbocycles. The van der Waals surface area contributed by atoms with E-state index in [1.54, 1.807) is 0 Å². The van der Waals surface area contributed by atoms with E-state index in [1.807, 2.05) is 12.1 Å². The molecule has 0 unspecified atom stereocenters. The number of benzene rings is 1. The first-order chi connectivity index (χ1) is 6.27. The summed E-state index contributed by atoms with van der Waals surface area (Å²) in [7, 11) is 0. The fourth-order valence-corrected chi connectivity index (χ4v) is 2.23. The second-order valence-electron chi connectivity index (χ2n) is 2.89. The zero-order chi connectivity index (χ0) is 9.26. The molecule has 0 bridgehead atoms. The molecule has 0 saturated heterocycles. The highest BCUT2D eigenvalue weighted by Gasteiger charge is 2.12. The lowest BCUT2D eigenvalue weighted by Gasteiger charge is -2.09. The lowest BCUT2D eigenvalue weighted by Crippen LogP contribution is -1.99. The molecule has 1 aromatic rings. The fraction of sp³-hybridized carbons (Fsp3) is 0.333. The molecule has 70 valence electrons. The van der Waals surface area contributed by atoms with Crippen LogP contribution < -0.4 is 10.1 Å². The van der Waals surface area contributed by atoms with E-state index >= 15 is 0 Å². The first-order valence-corrected chi connectivity index (χ1v) is 5.30. The summed E-state index contributed by atoms with van der Waals surface area (Å²) in [5, 5.41) is 3.98. The van der Waals surface area contributed by atoms with Gasteiger partial charge in [-0.1, -0.05) is 11.6 Å². The van der Waals surface area contributed by atoms with Crippen molar-refractivity contribution in [1.82, 2.24) is 0 Å². The minimum absolute atomic E-state index is 0.712. The van der Waals surface area contributed by atoms with Crippen molar-refractivity contribution in [3.8, 4) is 5.75 Å². The summed E-state index contributed by atoms with van der Waals surface area (Å²) >= 11 is 9.33. The quantitative estimate of drug-likeness (QED) is 0.774. The Kier molecular flexibility index (Phi) is 2.65. The van der Waals surface area contributed by atoms with E-state index in [1.165, 1.54) is 0 Å². The third kappa shape index (κ3) is 1.92. The number of nitrogens with one attached hydrogen (secondary N) is 1. The van der Waals surface area contributed by atoms with Gasteiger partial charge in [-0.15, -0.1) is 0 Å². The van der Waals surface area contributed by atoms with Crippen molar-refractivity contribution in [2.24, 2.45) is 0 Å². The molecular formula is C9H9BrClNO. The van der Waals surface area contributed by atoms with E-state index in [0.717, 1.165) is 35.5 Å². The molecule has 1 aliphatic heterocycles. The second kappa shape index (κ2) is 3.76. The molecule has 2 rings (SSSR count). The molecule has 1 N–H and O–H groups in total. The van der Waals surface area contributed by atoms with Crippen molar-refractivity contribution < 1.29 is 4.74 Å². The minimum atomic E-state index is 0.712. The minimum Gasteiger partial charge on any atom is -0.490 e. The number of halogens is 2. The number of fused-ring (bicyclic) bond motifs is 1. The highest BCUT2D eigenvalue weighted by molar-refractivity contribution is 9.10. The van der Waals surface area contributed by atoms with Crippen LogP contribution in [0, 0.1) is 0 Å². The molecule has 13 heavy (non-hydrogen) atoms. The van der Waals surface area contributed by atoms with Crippen molar-refractivity contribution in [2.45, 2.75) is 6.42 Å². The molecule has 0 fully saturated rings. The summed E-state index contributed by atoms with van der Waals surface area (Å²) in [5.74, 6) is 0.863. The van der Waals surface area contributed by atoms with Gasteiger partial charge < -0.3 is 10.1 Å². The molecule has 0 radical (unpaired) electrons. The number of hydrogen-bond acceptors (Lipinski definition) is 2. The van der Waals surface area contributed by atoms with Gasteiger partial charge in [0.15, 0.2) is 5.75 Å². The summed E-state index contributed by atoms with van der Waals surface area (Å²) in [6, 6.07) is 3.72. The van der Waals surface area contributed by atoms with E-state index in [0.29, 0.717) is 5.02 Å². The summed E-state index contributed by atoms with van der Waals surface area (Å²) in [6.45, 7) is 1.68. The number of ether oxygens (including phenoxy) is 1. The third-order valence-corrected chi connectivity index (χ3v) is 2.70. The van der Waals surface area contributed by atoms with Gasteiger partial charge in [-0.2, -0.15) is 0 Å². The summed E-state index contributed by atoms with van der Waals surface area (Å²) in [4.78, 5) is 0. The average Bonchev–Trinajstić information content (AvgIpc) is 2.28. The van der Waals surface area contributed by atoms with E-state index < -0.39 is 0 Å². The van der Waals surface area contributed by atoms with E-state index in [-0.39, 0.29) is 0 Å². The van der Waals surface area contributed by atoms with Gasteiger partial charge in [0.1, 0.15) is 0 Å². The third-order valence-electron chi connectivity index (χ3n) is 1.89. The Morgan fingerprint density at radius 3 is 3.15 bits per heavy atom. The van der Waals surface area contributed by atoms with Crippen LogP contribution in [-0.2, 0) is 0 Å². The van der Waals surface area contributed by atoms with Gasteiger partial charge in [0, 0.05) is 11.6 Å². The Labute approximate surface area is 90.4 Å². The van der Waals surface area contributed by atoms with Crippen molar-refractivity contribution in [2.75, 3.05) is 18.5 Å². The van der Waals surface area contributed by atoms with Crippen LogP contribution in [0.1, 0.15) is 6.42 Å². The van der Waals surface area contributed by atoms with Crippen LogP contribution in [0.3, 0.4) is 0 Å². The van der Waals surface area contributed by atoms with E-state index in [9.17, 15) is 0 Å². The summed E-state index contributed by atoms with van der Waals surface area (Å²) in [5.41, 5.74) is 0.969. The monoisotopic (exact) mass is 261 g/mol. The Morgan fingerprint density at radius 1 is 1.46 bits per heavy atom. The number of anilines is 1. The lowest BCUT2D eigenvalue weighted by atomic mass is 10.3. The van der Waals surface area contributed by atoms with Gasteiger partial charge in [0.05, 0.1) is 16.8 Å². The summed E-state index contributed by atoms with van der Waals surface area (Å²) < 4.78 is 6.47. The van der Waals surface area contributed by atoms with Gasteiger partial charge in [0.2, 0.25) is 0 Å². The van der Waals surface area contributed by atoms with Crippen LogP contribution in [0.15, 0.2) is 16.6 Å². The molecule has 1 aliphatic rings. The fourth-order valence-electron chi connectivity index (χ4n) is 1.31. The second-order valence-corrected chi connectivity index (χ2v) is 4.18. The molecule has 0 aromatic heterocycles. The normalized spacial score (nSPS) is 15.2. The van der Waals surface area contributed by atoms with E-state index in [4.69, 9.17) is 16.3 Å². The molecule has 0 atom stereocenters. The van der Waals surface area contributed by atoms with Crippen LogP contribution >= 0.6 is 27.5 Å². The van der Waals surface area contributed by atoms with E-state index in [2.05, 4.69) is 21.2 Å². The smallest absolute Gasteiger partial charge is 0.156 e. The lowest BCUT2D eigenvalue weighted by molar-refractivity contribution is 0.321. The Morgan fingerprint density at radius 2 is 2.31 bits per heavy atom. The molecule has 2 nitrogen and oxygen atoms in total. The Bertz CT molecular complexity index is 330. The Hall–Kier alpha value is -0.410. The number of hydrogen-bond donors (Lipinski definition) is 1. The first-order valence-electron chi connectivity index (χ1n) is 4.13. The molecule has 1 heterocycles. The van der Waals surface area contributed by atoms with Crippen molar-refractivity contribution in [3.05, 3.63) is 21.6 Å². The number of rotatable bonds is 0. The maximum absolute atomic E-state index is 5.91. The van der Waals surface area contributed by atoms with Gasteiger partial charge in [-0.05, 0) is 34.5 Å². The van der Waals surface area contributed by atoms with Crippen LogP contribution in [0.4, 0.5) is 5.69 Å². The standard InChI is InChI=1S/C9H9BrClNO/c10-7-4-6(11)5-8-9(7)13-3-1-2-12-8/h4-5,12H,1-3H2. The van der Waals surface area contributed by atoms with Crippen LogP contribution in [-0.4, -0.2) is 13.2 Å². The highest BCUT2D eigenvalue weighted by atomic mass is 79.9. The van der Waals surface area contributed by atoms with Gasteiger partial charge >= 0.3 is 0 Å². The largest absolute Gasteiger partial charge is 0.490 e. The average molecular weight is 263 g/mol. The topological polar surface area (TPSA) is 21.3 Å². The SMILES string of the molecule is Clc1cc(Br)c2c(c1)NCCCO2. The van der Waals surface area contributed by atoms with Crippen LogP contribution in [0.5, 0.6) is 5.75 Å². The van der Waals surface area contributed by atoms with Crippen molar-refractivity contribution in [1.29, 1.82) is 0 Å². The predicted octanol–water partition coefficient (Wildman–Crippen LogP) is 3.30. The summed E-state index contributed by atoms with van der Waals surface area (Å²) in [6.07, 6.45) is 1.01. The zero-order valence-corrected chi connectivity index (χ0v) is 9.28.